The first kappa shape index (κ1) is 28.3. The molecule has 0 aromatic heterocycles. The predicted molar refractivity (Wildman–Crippen MR) is 149 cm³/mol. The molecule has 1 aliphatic carbocycles. The van der Waals surface area contributed by atoms with Crippen LogP contribution in [0.4, 0.5) is 0 Å². The highest BCUT2D eigenvalue weighted by molar-refractivity contribution is 5.87. The fourth-order valence-electron chi connectivity index (χ4n) is 4.17. The van der Waals surface area contributed by atoms with Gasteiger partial charge in [0.25, 0.3) is 0 Å². The van der Waals surface area contributed by atoms with Gasteiger partial charge in [-0.25, -0.2) is 0 Å². The maximum absolute atomic E-state index is 9.98. The molecule has 2 heteroatoms. The summed E-state index contributed by atoms with van der Waals surface area (Å²) in [5.74, 6) is 0.275. The average molecular weight is 455 g/mol. The van der Waals surface area contributed by atoms with E-state index in [1.165, 1.54) is 6.08 Å². The van der Waals surface area contributed by atoms with Crippen LogP contribution in [0.15, 0.2) is 133 Å². The maximum atomic E-state index is 9.98. The zero-order valence-corrected chi connectivity index (χ0v) is 21.2. The van der Waals surface area contributed by atoms with Gasteiger partial charge in [0.05, 0.1) is 11.2 Å². The second kappa shape index (κ2) is 13.7. The summed E-state index contributed by atoms with van der Waals surface area (Å²) in [6, 6.07) is 16.5. The number of hydrogen-bond acceptors (Lipinski definition) is 2. The summed E-state index contributed by atoms with van der Waals surface area (Å²) in [5.41, 5.74) is 5.54. The van der Waals surface area contributed by atoms with E-state index in [2.05, 4.69) is 44.0 Å². The molecule has 0 radical (unpaired) electrons. The minimum atomic E-state index is -0.694. The summed E-state index contributed by atoms with van der Waals surface area (Å²) in [4.78, 5) is 0. The minimum absolute atomic E-state index is 0.0688. The lowest BCUT2D eigenvalue weighted by Crippen LogP contribution is -2.29. The van der Waals surface area contributed by atoms with Crippen LogP contribution in [0.25, 0.3) is 11.1 Å². The van der Waals surface area contributed by atoms with Gasteiger partial charge in [0.1, 0.15) is 5.76 Å². The van der Waals surface area contributed by atoms with E-state index in [1.54, 1.807) is 25.2 Å². The molecule has 0 amide bonds. The Balaban J connectivity index is 0.00000137. The van der Waals surface area contributed by atoms with Crippen LogP contribution in [0.3, 0.4) is 0 Å². The normalized spacial score (nSPS) is 14.4. The van der Waals surface area contributed by atoms with Crippen LogP contribution in [0, 0.1) is 0 Å². The molecule has 0 atom stereocenters. The van der Waals surface area contributed by atoms with Gasteiger partial charge in [-0.1, -0.05) is 120 Å². The van der Waals surface area contributed by atoms with Crippen molar-refractivity contribution in [3.8, 4) is 11.1 Å². The Labute approximate surface area is 206 Å². The van der Waals surface area contributed by atoms with E-state index in [4.69, 9.17) is 0 Å². The van der Waals surface area contributed by atoms with Gasteiger partial charge in [0.15, 0.2) is 0 Å². The smallest absolute Gasteiger partial charge is 0.114 e. The van der Waals surface area contributed by atoms with Crippen molar-refractivity contribution in [1.82, 2.24) is 0 Å². The first-order valence-electron chi connectivity index (χ1n) is 11.8. The van der Waals surface area contributed by atoms with Crippen molar-refractivity contribution >= 4 is 0 Å². The molecule has 0 heterocycles. The number of allylic oxidation sites excluding steroid dienone is 10. The molecule has 34 heavy (non-hydrogen) atoms. The summed E-state index contributed by atoms with van der Waals surface area (Å²) >= 11 is 0. The highest BCUT2D eigenvalue weighted by atomic mass is 16.3. The summed E-state index contributed by atoms with van der Waals surface area (Å²) in [6.45, 7) is 21.4. The van der Waals surface area contributed by atoms with Crippen LogP contribution >= 0.6 is 0 Å². The standard InChI is InChI=1S/C28H26O2.2C2H6/c1-5-21(17-16-20(4)29)28(22(6-2)18-19-23(30)7-3)26-14-10-8-12-24(26)25-13-9-11-15-27(25)28;2*1-2/h5-19,29-30H,1-3H2,4H3;2*1-2H3/b20-16+,21-17+,22-18+,23-19+;;. The van der Waals surface area contributed by atoms with E-state index in [9.17, 15) is 10.2 Å². The predicted octanol–water partition coefficient (Wildman–Crippen LogP) is 9.32. The number of fused-ring (bicyclic) bond motifs is 3. The third-order valence-corrected chi connectivity index (χ3v) is 5.41. The molecule has 2 N–H and O–H groups in total. The number of rotatable bonds is 7. The molecule has 0 spiro atoms. The number of aliphatic hydroxyl groups is 2. The van der Waals surface area contributed by atoms with Gasteiger partial charge in [-0.2, -0.15) is 0 Å². The van der Waals surface area contributed by atoms with Crippen LogP contribution in [0.2, 0.25) is 0 Å². The highest BCUT2D eigenvalue weighted by Gasteiger charge is 2.46. The molecule has 0 bridgehead atoms. The van der Waals surface area contributed by atoms with Crippen molar-refractivity contribution in [2.24, 2.45) is 0 Å². The van der Waals surface area contributed by atoms with Gasteiger partial charge in [-0.05, 0) is 58.6 Å². The molecule has 0 aliphatic heterocycles. The lowest BCUT2D eigenvalue weighted by Gasteiger charge is -2.35. The third kappa shape index (κ3) is 5.40. The Bertz CT molecular complexity index is 1070. The fourth-order valence-corrected chi connectivity index (χ4v) is 4.17. The Kier molecular flexibility index (Phi) is 11.4. The maximum Gasteiger partial charge on any atom is 0.114 e. The molecule has 0 unspecified atom stereocenters. The van der Waals surface area contributed by atoms with Gasteiger partial charge in [-0.3, -0.25) is 0 Å². The first-order chi connectivity index (χ1) is 16.5. The van der Waals surface area contributed by atoms with Crippen molar-refractivity contribution in [3.63, 3.8) is 0 Å². The summed E-state index contributed by atoms with van der Waals surface area (Å²) in [7, 11) is 0. The molecule has 0 saturated heterocycles. The summed E-state index contributed by atoms with van der Waals surface area (Å²) in [5, 5.41) is 19.8. The highest BCUT2D eigenvalue weighted by Crippen LogP contribution is 2.56. The Hall–Kier alpha value is -3.78. The molecule has 178 valence electrons. The van der Waals surface area contributed by atoms with Crippen molar-refractivity contribution < 1.29 is 10.2 Å². The first-order valence-corrected chi connectivity index (χ1v) is 11.8. The Morgan fingerprint density at radius 1 is 0.647 bits per heavy atom. The molecule has 1 aliphatic rings. The number of aliphatic hydroxyl groups excluding tert-OH is 2. The van der Waals surface area contributed by atoms with Crippen molar-refractivity contribution in [1.29, 1.82) is 0 Å². The van der Waals surface area contributed by atoms with Gasteiger partial charge in [0.2, 0.25) is 0 Å². The molecular formula is C32H38O2. The lowest BCUT2D eigenvalue weighted by molar-refractivity contribution is 0.414. The van der Waals surface area contributed by atoms with Gasteiger partial charge in [-0.15, -0.1) is 0 Å². The Morgan fingerprint density at radius 3 is 1.44 bits per heavy atom. The SMILES string of the molecule is C=C/C(O)=C\C=C(/C=C)C1(/C(C=C)=C/C=C(\C)O)c2ccccc2-c2ccccc21.CC.CC. The van der Waals surface area contributed by atoms with E-state index in [0.717, 1.165) is 33.4 Å². The molecule has 3 rings (SSSR count). The molecule has 2 aromatic carbocycles. The van der Waals surface area contributed by atoms with Gasteiger partial charge < -0.3 is 10.2 Å². The average Bonchev–Trinajstić information content (AvgIpc) is 3.18. The number of hydrogen-bond donors (Lipinski definition) is 2. The molecule has 2 aromatic rings. The quantitative estimate of drug-likeness (QED) is 0.323. The van der Waals surface area contributed by atoms with E-state index < -0.39 is 5.41 Å². The van der Waals surface area contributed by atoms with Crippen LogP contribution in [0.1, 0.15) is 45.7 Å². The molecular weight excluding hydrogens is 416 g/mol. The van der Waals surface area contributed by atoms with Crippen LogP contribution in [0.5, 0.6) is 0 Å². The second-order valence-corrected chi connectivity index (χ2v) is 7.10. The fraction of sp³-hybridized carbons (Fsp3) is 0.188. The Morgan fingerprint density at radius 2 is 1.06 bits per heavy atom. The second-order valence-electron chi connectivity index (χ2n) is 7.10. The van der Waals surface area contributed by atoms with E-state index in [1.807, 2.05) is 70.2 Å². The monoisotopic (exact) mass is 454 g/mol. The zero-order valence-electron chi connectivity index (χ0n) is 21.2. The topological polar surface area (TPSA) is 40.5 Å². The van der Waals surface area contributed by atoms with Crippen LogP contribution < -0.4 is 0 Å². The van der Waals surface area contributed by atoms with Crippen molar-refractivity contribution in [2.45, 2.75) is 40.0 Å². The van der Waals surface area contributed by atoms with Gasteiger partial charge >= 0.3 is 0 Å². The minimum Gasteiger partial charge on any atom is -0.513 e. The van der Waals surface area contributed by atoms with E-state index in [-0.39, 0.29) is 11.5 Å². The molecule has 0 saturated carbocycles. The van der Waals surface area contributed by atoms with Gasteiger partial charge in [0, 0.05) is 0 Å². The van der Waals surface area contributed by atoms with Crippen molar-refractivity contribution in [3.05, 3.63) is 145 Å². The summed E-state index contributed by atoms with van der Waals surface area (Å²) in [6.07, 6.45) is 12.0. The molecule has 0 fully saturated rings. The third-order valence-electron chi connectivity index (χ3n) is 5.41. The van der Waals surface area contributed by atoms with Crippen molar-refractivity contribution in [2.75, 3.05) is 0 Å². The lowest BCUT2D eigenvalue weighted by atomic mass is 9.66. The van der Waals surface area contributed by atoms with E-state index >= 15 is 0 Å². The zero-order chi connectivity index (χ0) is 25.7. The summed E-state index contributed by atoms with van der Waals surface area (Å²) < 4.78 is 0. The van der Waals surface area contributed by atoms with Crippen LogP contribution in [-0.2, 0) is 5.41 Å². The van der Waals surface area contributed by atoms with Crippen LogP contribution in [-0.4, -0.2) is 10.2 Å². The molecule has 2 nitrogen and oxygen atoms in total. The number of benzene rings is 2. The largest absolute Gasteiger partial charge is 0.513 e. The van der Waals surface area contributed by atoms with E-state index in [0.29, 0.717) is 0 Å².